The number of likely N-dealkylation sites (tertiary alicyclic amines) is 1. The van der Waals surface area contributed by atoms with Crippen molar-refractivity contribution in [1.82, 2.24) is 19.3 Å². The molecule has 2 amide bonds. The molecule has 0 unspecified atom stereocenters. The highest BCUT2D eigenvalue weighted by Gasteiger charge is 2.34. The second kappa shape index (κ2) is 8.05. The molecule has 10 heteroatoms. The number of aromatic nitrogens is 3. The highest BCUT2D eigenvalue weighted by molar-refractivity contribution is 6.04. The van der Waals surface area contributed by atoms with Gasteiger partial charge in [-0.2, -0.15) is 0 Å². The predicted octanol–water partition coefficient (Wildman–Crippen LogP) is 3.85. The second-order valence-electron chi connectivity index (χ2n) is 7.81. The zero-order chi connectivity index (χ0) is 23.1. The van der Waals surface area contributed by atoms with Gasteiger partial charge >= 0.3 is 6.09 Å². The van der Waals surface area contributed by atoms with Gasteiger partial charge in [-0.1, -0.05) is 6.07 Å². The minimum atomic E-state index is -0.499. The average Bonchev–Trinajstić information content (AvgIpc) is 3.43. The van der Waals surface area contributed by atoms with Crippen molar-refractivity contribution in [2.75, 3.05) is 25.5 Å². The molecule has 1 aliphatic heterocycles. The Bertz CT molecular complexity index is 1370. The van der Waals surface area contributed by atoms with E-state index in [1.807, 2.05) is 6.07 Å². The third-order valence-corrected chi connectivity index (χ3v) is 5.74. The molecule has 0 bridgehead atoms. The van der Waals surface area contributed by atoms with E-state index in [0.717, 1.165) is 0 Å². The van der Waals surface area contributed by atoms with E-state index in [4.69, 9.17) is 9.15 Å². The highest BCUT2D eigenvalue weighted by Crippen LogP contribution is 2.32. The molecule has 5 rings (SSSR count). The minimum absolute atomic E-state index is 0.0196. The van der Waals surface area contributed by atoms with Crippen molar-refractivity contribution in [3.05, 3.63) is 71.8 Å². The van der Waals surface area contributed by atoms with E-state index in [1.165, 1.54) is 25.6 Å². The first-order chi connectivity index (χ1) is 15.9. The zero-order valence-corrected chi connectivity index (χ0v) is 17.9. The van der Waals surface area contributed by atoms with E-state index >= 15 is 0 Å². The molecule has 0 aliphatic carbocycles. The SMILES string of the molecule is COC(=O)N1CC(c2coc(-c3cc(F)c(C)c(NC(=O)c4cnc5ccccn45)c3)n2)C1. The fraction of sp³-hybridized carbons (Fsp3) is 0.217. The van der Waals surface area contributed by atoms with E-state index in [-0.39, 0.29) is 17.9 Å². The molecule has 33 heavy (non-hydrogen) atoms. The lowest BCUT2D eigenvalue weighted by Gasteiger charge is -2.36. The van der Waals surface area contributed by atoms with E-state index in [0.29, 0.717) is 46.9 Å². The molecule has 1 saturated heterocycles. The van der Waals surface area contributed by atoms with Crippen LogP contribution < -0.4 is 5.32 Å². The first-order valence-corrected chi connectivity index (χ1v) is 10.3. The molecule has 0 radical (unpaired) electrons. The van der Waals surface area contributed by atoms with Crippen LogP contribution in [0.2, 0.25) is 0 Å². The Labute approximate surface area is 187 Å². The van der Waals surface area contributed by atoms with Crippen molar-refractivity contribution in [1.29, 1.82) is 0 Å². The van der Waals surface area contributed by atoms with Gasteiger partial charge in [0.1, 0.15) is 23.4 Å². The lowest BCUT2D eigenvalue weighted by molar-refractivity contribution is 0.0872. The Morgan fingerprint density at radius 3 is 2.88 bits per heavy atom. The lowest BCUT2D eigenvalue weighted by Crippen LogP contribution is -2.48. The van der Waals surface area contributed by atoms with Gasteiger partial charge in [-0.15, -0.1) is 0 Å². The maximum absolute atomic E-state index is 14.7. The van der Waals surface area contributed by atoms with Crippen LogP contribution in [-0.4, -0.2) is 51.5 Å². The van der Waals surface area contributed by atoms with Gasteiger partial charge in [0.05, 0.1) is 19.0 Å². The summed E-state index contributed by atoms with van der Waals surface area (Å²) in [5, 5.41) is 2.77. The van der Waals surface area contributed by atoms with Crippen molar-refractivity contribution in [2.45, 2.75) is 12.8 Å². The summed E-state index contributed by atoms with van der Waals surface area (Å²) in [6.07, 6.45) is 4.32. The number of imidazole rings is 1. The quantitative estimate of drug-likeness (QED) is 0.508. The summed E-state index contributed by atoms with van der Waals surface area (Å²) >= 11 is 0. The summed E-state index contributed by atoms with van der Waals surface area (Å²) in [7, 11) is 1.33. The summed E-state index contributed by atoms with van der Waals surface area (Å²) < 4.78 is 26.6. The fourth-order valence-electron chi connectivity index (χ4n) is 3.77. The van der Waals surface area contributed by atoms with Crippen molar-refractivity contribution in [3.63, 3.8) is 0 Å². The molecule has 3 aromatic heterocycles. The number of nitrogens with one attached hydrogen (secondary N) is 1. The maximum atomic E-state index is 14.7. The van der Waals surface area contributed by atoms with Crippen LogP contribution in [-0.2, 0) is 4.74 Å². The number of hydrogen-bond acceptors (Lipinski definition) is 6. The second-order valence-corrected chi connectivity index (χ2v) is 7.81. The van der Waals surface area contributed by atoms with Crippen LogP contribution in [0.3, 0.4) is 0 Å². The molecule has 4 heterocycles. The standard InChI is InChI=1S/C23H20FN5O4/c1-13-16(24)7-14(22-27-18(12-33-22)15-10-28(11-15)23(31)32-2)8-17(13)26-21(30)19-9-25-20-5-3-4-6-29(19)20/h3-9,12,15H,10-11H2,1-2H3,(H,26,30). The van der Waals surface area contributed by atoms with Crippen LogP contribution >= 0.6 is 0 Å². The number of pyridine rings is 1. The van der Waals surface area contributed by atoms with Crippen LogP contribution in [0.4, 0.5) is 14.9 Å². The van der Waals surface area contributed by atoms with Gasteiger partial charge in [-0.3, -0.25) is 9.20 Å². The van der Waals surface area contributed by atoms with Crippen molar-refractivity contribution in [3.8, 4) is 11.5 Å². The molecule has 0 atom stereocenters. The Balaban J connectivity index is 1.38. The van der Waals surface area contributed by atoms with Crippen LogP contribution in [0, 0.1) is 12.7 Å². The van der Waals surface area contributed by atoms with Crippen molar-refractivity contribution in [2.24, 2.45) is 0 Å². The third kappa shape index (κ3) is 3.69. The summed E-state index contributed by atoms with van der Waals surface area (Å²) in [5.74, 6) is -0.669. The Morgan fingerprint density at radius 2 is 2.09 bits per heavy atom. The summed E-state index contributed by atoms with van der Waals surface area (Å²) in [5.41, 5.74) is 2.62. The topological polar surface area (TPSA) is 102 Å². The van der Waals surface area contributed by atoms with Gasteiger partial charge in [0.2, 0.25) is 5.89 Å². The van der Waals surface area contributed by atoms with Gasteiger partial charge < -0.3 is 19.4 Å². The average molecular weight is 449 g/mol. The van der Waals surface area contributed by atoms with Gasteiger partial charge in [-0.05, 0) is 31.2 Å². The molecule has 4 aromatic rings. The highest BCUT2D eigenvalue weighted by atomic mass is 19.1. The normalized spacial score (nSPS) is 13.7. The Kier molecular flexibility index (Phi) is 5.04. The molecule has 0 spiro atoms. The number of halogens is 1. The number of fused-ring (bicyclic) bond motifs is 1. The molecule has 1 fully saturated rings. The molecule has 9 nitrogen and oxygen atoms in total. The number of carbonyl (C=O) groups is 2. The monoisotopic (exact) mass is 449 g/mol. The number of hydrogen-bond donors (Lipinski definition) is 1. The number of methoxy groups -OCH3 is 1. The lowest BCUT2D eigenvalue weighted by atomic mass is 9.98. The van der Waals surface area contributed by atoms with E-state index in [9.17, 15) is 14.0 Å². The Hall–Kier alpha value is -4.21. The first-order valence-electron chi connectivity index (χ1n) is 10.3. The van der Waals surface area contributed by atoms with Crippen LogP contribution in [0.25, 0.3) is 17.1 Å². The van der Waals surface area contributed by atoms with Crippen LogP contribution in [0.15, 0.2) is 53.4 Å². The summed E-state index contributed by atoms with van der Waals surface area (Å²) in [6.45, 7) is 2.53. The van der Waals surface area contributed by atoms with Gasteiger partial charge in [-0.25, -0.2) is 19.2 Å². The molecule has 0 saturated carbocycles. The molecule has 1 aromatic carbocycles. The van der Waals surface area contributed by atoms with Crippen molar-refractivity contribution >= 4 is 23.3 Å². The number of ether oxygens (including phenoxy) is 1. The summed E-state index contributed by atoms with van der Waals surface area (Å²) in [6, 6.07) is 8.35. The van der Waals surface area contributed by atoms with E-state index in [2.05, 4.69) is 15.3 Å². The molecule has 168 valence electrons. The molecule has 1 aliphatic rings. The fourth-order valence-corrected chi connectivity index (χ4v) is 3.77. The molecular formula is C23H20FN5O4. The van der Waals surface area contributed by atoms with Gasteiger partial charge in [0.25, 0.3) is 5.91 Å². The number of benzene rings is 1. The third-order valence-electron chi connectivity index (χ3n) is 5.74. The smallest absolute Gasteiger partial charge is 0.409 e. The van der Waals surface area contributed by atoms with Gasteiger partial charge in [0.15, 0.2) is 0 Å². The molecular weight excluding hydrogens is 429 g/mol. The van der Waals surface area contributed by atoms with E-state index < -0.39 is 11.7 Å². The van der Waals surface area contributed by atoms with Crippen molar-refractivity contribution < 1.29 is 23.1 Å². The van der Waals surface area contributed by atoms with E-state index in [1.54, 1.807) is 40.6 Å². The first kappa shape index (κ1) is 20.7. The number of rotatable bonds is 4. The zero-order valence-electron chi connectivity index (χ0n) is 17.9. The van der Waals surface area contributed by atoms with Crippen LogP contribution in [0.1, 0.15) is 27.7 Å². The number of nitrogens with zero attached hydrogens (tertiary/aromatic N) is 4. The van der Waals surface area contributed by atoms with Gasteiger partial charge in [0, 0.05) is 42.0 Å². The number of amides is 2. The number of carbonyl (C=O) groups excluding carboxylic acids is 2. The molecule has 1 N–H and O–H groups in total. The maximum Gasteiger partial charge on any atom is 0.409 e. The summed E-state index contributed by atoms with van der Waals surface area (Å²) in [4.78, 5) is 34.6. The van der Waals surface area contributed by atoms with Crippen LogP contribution in [0.5, 0.6) is 0 Å². The number of oxazole rings is 1. The number of anilines is 1. The Morgan fingerprint density at radius 1 is 1.27 bits per heavy atom. The predicted molar refractivity (Wildman–Crippen MR) is 116 cm³/mol. The largest absolute Gasteiger partial charge is 0.453 e. The minimum Gasteiger partial charge on any atom is -0.453 e.